The maximum Gasteiger partial charge on any atom is 0.177 e. The van der Waals surface area contributed by atoms with Gasteiger partial charge in [0.25, 0.3) is 0 Å². The number of carbonyl (C=O) groups is 2. The zero-order chi connectivity index (χ0) is 17.1. The number of hydrogen-bond acceptors (Lipinski definition) is 3. The fourth-order valence-electron chi connectivity index (χ4n) is 3.61. The van der Waals surface area contributed by atoms with Crippen LogP contribution < -0.4 is 0 Å². The molecule has 3 nitrogen and oxygen atoms in total. The van der Waals surface area contributed by atoms with Crippen molar-refractivity contribution in [1.82, 2.24) is 0 Å². The average Bonchev–Trinajstić information content (AvgIpc) is 3.37. The molecule has 1 saturated heterocycles. The van der Waals surface area contributed by atoms with Crippen LogP contribution in [-0.4, -0.2) is 18.2 Å². The third-order valence-electron chi connectivity index (χ3n) is 5.40. The summed E-state index contributed by atoms with van der Waals surface area (Å²) in [5.74, 6) is -0.189. The Hall–Kier alpha value is -1.97. The summed E-state index contributed by atoms with van der Waals surface area (Å²) >= 11 is 6.13. The molecule has 1 fully saturated rings. The largest absolute Gasteiger partial charge is 0.359 e. The van der Waals surface area contributed by atoms with Crippen molar-refractivity contribution in [2.75, 3.05) is 6.61 Å². The highest BCUT2D eigenvalue weighted by molar-refractivity contribution is 6.31. The van der Waals surface area contributed by atoms with E-state index < -0.39 is 11.0 Å². The number of ether oxygens (including phenoxy) is 1. The first kappa shape index (κ1) is 15.6. The number of carbonyl (C=O) groups excluding carboxylic acids is 2. The van der Waals surface area contributed by atoms with Crippen molar-refractivity contribution in [3.05, 3.63) is 69.7 Å². The summed E-state index contributed by atoms with van der Waals surface area (Å²) in [6, 6.07) is 12.9. The molecule has 2 aliphatic rings. The lowest BCUT2D eigenvalue weighted by molar-refractivity contribution is 0.0716. The van der Waals surface area contributed by atoms with Gasteiger partial charge in [0.1, 0.15) is 5.60 Å². The van der Waals surface area contributed by atoms with E-state index in [1.807, 2.05) is 37.3 Å². The first-order chi connectivity index (χ1) is 11.4. The van der Waals surface area contributed by atoms with Gasteiger partial charge in [0.15, 0.2) is 11.6 Å². The number of rotatable bonds is 3. The Kier molecular flexibility index (Phi) is 3.25. The molecule has 0 bridgehead atoms. The molecule has 24 heavy (non-hydrogen) atoms. The number of benzene rings is 2. The zero-order valence-electron chi connectivity index (χ0n) is 13.6. The molecule has 2 aromatic rings. The maximum absolute atomic E-state index is 13.1. The molecule has 0 radical (unpaired) electrons. The van der Waals surface area contributed by atoms with E-state index in [4.69, 9.17) is 16.3 Å². The Morgan fingerprint density at radius 3 is 2.46 bits per heavy atom. The molecule has 2 aromatic carbocycles. The summed E-state index contributed by atoms with van der Waals surface area (Å²) in [4.78, 5) is 25.8. The minimum atomic E-state index is -0.969. The van der Waals surface area contributed by atoms with Crippen molar-refractivity contribution < 1.29 is 14.3 Å². The summed E-state index contributed by atoms with van der Waals surface area (Å²) in [7, 11) is 0. The van der Waals surface area contributed by atoms with Crippen LogP contribution in [0.25, 0.3) is 0 Å². The smallest absolute Gasteiger partial charge is 0.177 e. The molecule has 1 aliphatic heterocycles. The topological polar surface area (TPSA) is 46.7 Å². The summed E-state index contributed by atoms with van der Waals surface area (Å²) < 4.78 is 5.81. The Balaban J connectivity index is 1.92. The van der Waals surface area contributed by atoms with Gasteiger partial charge in [0.2, 0.25) is 0 Å². The van der Waals surface area contributed by atoms with Gasteiger partial charge in [-0.2, -0.15) is 0 Å². The predicted molar refractivity (Wildman–Crippen MR) is 91.7 cm³/mol. The van der Waals surface area contributed by atoms with Gasteiger partial charge >= 0.3 is 0 Å². The minimum Gasteiger partial charge on any atom is -0.359 e. The fourth-order valence-corrected chi connectivity index (χ4v) is 3.80. The second kappa shape index (κ2) is 5.01. The van der Waals surface area contributed by atoms with Gasteiger partial charge < -0.3 is 4.74 Å². The quantitative estimate of drug-likeness (QED) is 0.614. The first-order valence-corrected chi connectivity index (χ1v) is 8.45. The van der Waals surface area contributed by atoms with Gasteiger partial charge in [0.05, 0.1) is 12.0 Å². The standard InChI is InChI=1S/C20H17ClO3/c1-3-19(2)17(22)14-8-5-9-15(16(14)18(19)23)20(11-24-20)12-6-4-7-13(21)10-12/h4-10H,3,11H2,1-2H3. The van der Waals surface area contributed by atoms with E-state index in [1.165, 1.54) is 0 Å². The van der Waals surface area contributed by atoms with Gasteiger partial charge in [-0.05, 0) is 31.0 Å². The number of hydrogen-bond donors (Lipinski definition) is 0. The number of ketones is 2. The van der Waals surface area contributed by atoms with Crippen molar-refractivity contribution in [3.8, 4) is 0 Å². The average molecular weight is 341 g/mol. The molecule has 0 saturated carbocycles. The molecule has 0 aromatic heterocycles. The van der Waals surface area contributed by atoms with Crippen LogP contribution in [0.4, 0.5) is 0 Å². The second-order valence-electron chi connectivity index (χ2n) is 6.70. The van der Waals surface area contributed by atoms with E-state index in [0.717, 1.165) is 11.1 Å². The third kappa shape index (κ3) is 1.89. The highest BCUT2D eigenvalue weighted by Crippen LogP contribution is 2.51. The van der Waals surface area contributed by atoms with Crippen LogP contribution in [0.5, 0.6) is 0 Å². The van der Waals surface area contributed by atoms with Crippen LogP contribution in [-0.2, 0) is 10.3 Å². The van der Waals surface area contributed by atoms with Crippen molar-refractivity contribution in [2.45, 2.75) is 25.9 Å². The zero-order valence-corrected chi connectivity index (χ0v) is 14.3. The molecule has 0 spiro atoms. The van der Waals surface area contributed by atoms with E-state index in [2.05, 4.69) is 0 Å². The highest BCUT2D eigenvalue weighted by atomic mass is 35.5. The van der Waals surface area contributed by atoms with Crippen LogP contribution in [0.1, 0.15) is 52.1 Å². The summed E-state index contributed by atoms with van der Waals surface area (Å²) in [5, 5.41) is 0.621. The number of epoxide rings is 1. The van der Waals surface area contributed by atoms with Gasteiger partial charge in [-0.3, -0.25) is 9.59 Å². The fraction of sp³-hybridized carbons (Fsp3) is 0.300. The van der Waals surface area contributed by atoms with Crippen molar-refractivity contribution in [2.24, 2.45) is 5.41 Å². The molecular formula is C20H17ClO3. The van der Waals surface area contributed by atoms with Gasteiger partial charge in [-0.1, -0.05) is 48.9 Å². The molecule has 2 unspecified atom stereocenters. The Morgan fingerprint density at radius 1 is 1.12 bits per heavy atom. The Bertz CT molecular complexity index is 882. The van der Waals surface area contributed by atoms with Crippen LogP contribution in [0.2, 0.25) is 5.02 Å². The molecule has 2 atom stereocenters. The molecular weight excluding hydrogens is 324 g/mol. The Labute approximate surface area is 145 Å². The SMILES string of the molecule is CCC1(C)C(=O)c2cccc(C3(c4cccc(Cl)c4)CO3)c2C1=O. The molecule has 122 valence electrons. The van der Waals surface area contributed by atoms with Crippen molar-refractivity contribution in [3.63, 3.8) is 0 Å². The minimum absolute atomic E-state index is 0.0891. The molecule has 0 N–H and O–H groups in total. The molecule has 1 aliphatic carbocycles. The van der Waals surface area contributed by atoms with Crippen LogP contribution >= 0.6 is 11.6 Å². The lowest BCUT2D eigenvalue weighted by atomic mass is 9.81. The van der Waals surface area contributed by atoms with Crippen molar-refractivity contribution >= 4 is 23.2 Å². The van der Waals surface area contributed by atoms with Crippen LogP contribution in [0, 0.1) is 5.41 Å². The maximum atomic E-state index is 13.1. The highest BCUT2D eigenvalue weighted by Gasteiger charge is 2.55. The van der Waals surface area contributed by atoms with Gasteiger partial charge in [-0.15, -0.1) is 0 Å². The summed E-state index contributed by atoms with van der Waals surface area (Å²) in [6.07, 6.45) is 0.490. The molecule has 1 heterocycles. The van der Waals surface area contributed by atoms with Crippen LogP contribution in [0.3, 0.4) is 0 Å². The number of fused-ring (bicyclic) bond motifs is 1. The molecule has 4 rings (SSSR count). The van der Waals surface area contributed by atoms with E-state index in [1.54, 1.807) is 19.1 Å². The second-order valence-corrected chi connectivity index (χ2v) is 7.13. The van der Waals surface area contributed by atoms with Crippen LogP contribution in [0.15, 0.2) is 42.5 Å². The van der Waals surface area contributed by atoms with E-state index >= 15 is 0 Å². The molecule has 4 heteroatoms. The third-order valence-corrected chi connectivity index (χ3v) is 5.64. The number of halogens is 1. The molecule has 0 amide bonds. The van der Waals surface area contributed by atoms with E-state index in [9.17, 15) is 9.59 Å². The van der Waals surface area contributed by atoms with Gasteiger partial charge in [-0.25, -0.2) is 0 Å². The predicted octanol–water partition coefficient (Wildman–Crippen LogP) is 4.41. The Morgan fingerprint density at radius 2 is 1.83 bits per heavy atom. The lowest BCUT2D eigenvalue weighted by Gasteiger charge is -2.19. The summed E-state index contributed by atoms with van der Waals surface area (Å²) in [5.41, 5.74) is 1.07. The summed E-state index contributed by atoms with van der Waals surface area (Å²) in [6.45, 7) is 4.09. The van der Waals surface area contributed by atoms with E-state index in [0.29, 0.717) is 29.2 Å². The normalized spacial score (nSPS) is 28.1. The van der Waals surface area contributed by atoms with E-state index in [-0.39, 0.29) is 11.6 Å². The lowest BCUT2D eigenvalue weighted by Crippen LogP contribution is -2.29. The first-order valence-electron chi connectivity index (χ1n) is 8.07. The van der Waals surface area contributed by atoms with Crippen molar-refractivity contribution in [1.29, 1.82) is 0 Å². The van der Waals surface area contributed by atoms with Gasteiger partial charge in [0, 0.05) is 21.7 Å². The number of Topliss-reactive ketones (excluding diaryl/α,β-unsaturated/α-hetero) is 2. The monoisotopic (exact) mass is 340 g/mol.